The Morgan fingerprint density at radius 1 is 0.850 bits per heavy atom. The lowest BCUT2D eigenvalue weighted by Crippen LogP contribution is -2.61. The minimum atomic E-state index is -6.03. The molecule has 0 amide bonds. The molecule has 0 aliphatic carbocycles. The Bertz CT molecular complexity index is 433. The summed E-state index contributed by atoms with van der Waals surface area (Å²) >= 11 is 0. The minimum Gasteiger partial charge on any atom is -0.206 e. The lowest BCUT2D eigenvalue weighted by molar-refractivity contribution is -0.272. The molecule has 10 heteroatoms. The van der Waals surface area contributed by atoms with Gasteiger partial charge < -0.3 is 0 Å². The molecule has 0 aromatic carbocycles. The third kappa shape index (κ3) is 2.90. The lowest BCUT2D eigenvalue weighted by Gasteiger charge is -2.37. The van der Waals surface area contributed by atoms with Crippen molar-refractivity contribution in [2.24, 2.45) is 0 Å². The van der Waals surface area contributed by atoms with Gasteiger partial charge in [0.25, 0.3) is 10.0 Å². The maximum absolute atomic E-state index is 13.6. The standard InChI is InChI=1S/C10H17F6NO2S/c1-6(2)17(7(3)4)20(18,19)10(15,16)9(13,14)8(5,11)12/h6-7H,1-5H3. The molecule has 0 aromatic heterocycles. The first kappa shape index (κ1) is 19.5. The van der Waals surface area contributed by atoms with E-state index in [1.165, 1.54) is 27.7 Å². The van der Waals surface area contributed by atoms with E-state index >= 15 is 0 Å². The van der Waals surface area contributed by atoms with Crippen molar-refractivity contribution in [2.45, 2.75) is 63.8 Å². The van der Waals surface area contributed by atoms with Gasteiger partial charge in [0.2, 0.25) is 0 Å². The molecule has 0 bridgehead atoms. The van der Waals surface area contributed by atoms with E-state index in [1.807, 2.05) is 0 Å². The second kappa shape index (κ2) is 5.36. The van der Waals surface area contributed by atoms with Crippen molar-refractivity contribution in [1.82, 2.24) is 4.31 Å². The highest BCUT2D eigenvalue weighted by molar-refractivity contribution is 7.90. The topological polar surface area (TPSA) is 37.4 Å². The van der Waals surface area contributed by atoms with E-state index in [4.69, 9.17) is 0 Å². The average molecular weight is 329 g/mol. The third-order valence-electron chi connectivity index (χ3n) is 2.54. The van der Waals surface area contributed by atoms with E-state index in [-0.39, 0.29) is 4.31 Å². The van der Waals surface area contributed by atoms with Crippen LogP contribution in [0.2, 0.25) is 0 Å². The number of hydrogen-bond donors (Lipinski definition) is 0. The maximum Gasteiger partial charge on any atom is 0.427 e. The summed E-state index contributed by atoms with van der Waals surface area (Å²) in [4.78, 5) is 0. The zero-order valence-electron chi connectivity index (χ0n) is 11.6. The average Bonchev–Trinajstić information content (AvgIpc) is 2.12. The quantitative estimate of drug-likeness (QED) is 0.701. The highest BCUT2D eigenvalue weighted by atomic mass is 32.2. The summed E-state index contributed by atoms with van der Waals surface area (Å²) in [5.74, 6) is -11.2. The van der Waals surface area contributed by atoms with Crippen molar-refractivity contribution < 1.29 is 34.8 Å². The summed E-state index contributed by atoms with van der Waals surface area (Å²) in [5, 5.41) is -5.92. The fraction of sp³-hybridized carbons (Fsp3) is 1.00. The van der Waals surface area contributed by atoms with Gasteiger partial charge in [0, 0.05) is 19.0 Å². The Morgan fingerprint density at radius 3 is 1.35 bits per heavy atom. The summed E-state index contributed by atoms with van der Waals surface area (Å²) in [6, 6.07) is -2.18. The van der Waals surface area contributed by atoms with Gasteiger partial charge >= 0.3 is 17.1 Å². The van der Waals surface area contributed by atoms with Crippen molar-refractivity contribution in [1.29, 1.82) is 0 Å². The number of nitrogens with zero attached hydrogens (tertiary/aromatic N) is 1. The van der Waals surface area contributed by atoms with Gasteiger partial charge in [-0.2, -0.15) is 30.6 Å². The minimum absolute atomic E-state index is 0.0899. The summed E-state index contributed by atoms with van der Waals surface area (Å²) in [5.41, 5.74) is 0. The normalized spacial score (nSPS) is 15.5. The van der Waals surface area contributed by atoms with Crippen molar-refractivity contribution in [3.05, 3.63) is 0 Å². The number of sulfonamides is 1. The van der Waals surface area contributed by atoms with E-state index in [0.717, 1.165) is 0 Å². The van der Waals surface area contributed by atoms with Gasteiger partial charge in [-0.15, -0.1) is 0 Å². The number of hydrogen-bond acceptors (Lipinski definition) is 2. The van der Waals surface area contributed by atoms with Crippen LogP contribution in [0.5, 0.6) is 0 Å². The second-order valence-electron chi connectivity index (χ2n) is 5.00. The third-order valence-corrected chi connectivity index (χ3v) is 4.84. The molecule has 0 saturated heterocycles. The van der Waals surface area contributed by atoms with Crippen LogP contribution in [0.1, 0.15) is 34.6 Å². The SMILES string of the molecule is CC(C)N(C(C)C)S(=O)(=O)C(F)(F)C(F)(F)C(C)(F)F. The highest BCUT2D eigenvalue weighted by Gasteiger charge is 2.76. The molecule has 0 saturated carbocycles. The van der Waals surface area contributed by atoms with Crippen LogP contribution in [-0.2, 0) is 10.0 Å². The number of rotatable bonds is 6. The van der Waals surface area contributed by atoms with Crippen molar-refractivity contribution in [2.75, 3.05) is 0 Å². The van der Waals surface area contributed by atoms with E-state index in [2.05, 4.69) is 0 Å². The predicted molar refractivity (Wildman–Crippen MR) is 61.5 cm³/mol. The largest absolute Gasteiger partial charge is 0.427 e. The van der Waals surface area contributed by atoms with E-state index in [0.29, 0.717) is 0 Å². The zero-order valence-corrected chi connectivity index (χ0v) is 12.4. The molecular formula is C10H17F6NO2S. The zero-order chi connectivity index (χ0) is 16.7. The van der Waals surface area contributed by atoms with Crippen LogP contribution >= 0.6 is 0 Å². The van der Waals surface area contributed by atoms with Gasteiger partial charge in [0.05, 0.1) is 0 Å². The van der Waals surface area contributed by atoms with E-state index < -0.39 is 46.1 Å². The molecule has 0 aromatic rings. The van der Waals surface area contributed by atoms with Gasteiger partial charge in [-0.1, -0.05) is 0 Å². The molecule has 122 valence electrons. The van der Waals surface area contributed by atoms with Gasteiger partial charge in [-0.25, -0.2) is 8.42 Å². The number of halogens is 6. The summed E-state index contributed by atoms with van der Waals surface area (Å²) < 4.78 is 102. The lowest BCUT2D eigenvalue weighted by atomic mass is 10.2. The van der Waals surface area contributed by atoms with E-state index in [9.17, 15) is 34.8 Å². The Morgan fingerprint density at radius 2 is 1.15 bits per heavy atom. The van der Waals surface area contributed by atoms with Gasteiger partial charge in [0.15, 0.2) is 0 Å². The molecule has 0 unspecified atom stereocenters. The van der Waals surface area contributed by atoms with Crippen LogP contribution in [0.15, 0.2) is 0 Å². The summed E-state index contributed by atoms with van der Waals surface area (Å²) in [6.45, 7) is 4.25. The highest BCUT2D eigenvalue weighted by Crippen LogP contribution is 2.49. The first-order valence-electron chi connectivity index (χ1n) is 5.68. The predicted octanol–water partition coefficient (Wildman–Crippen LogP) is 3.32. The Balaban J connectivity index is 6.06. The maximum atomic E-state index is 13.6. The van der Waals surface area contributed by atoms with Crippen LogP contribution < -0.4 is 0 Å². The molecule has 0 N–H and O–H groups in total. The van der Waals surface area contributed by atoms with E-state index in [1.54, 1.807) is 0 Å². The Kier molecular flexibility index (Phi) is 5.22. The summed E-state index contributed by atoms with van der Waals surface area (Å²) in [7, 11) is -5.97. The van der Waals surface area contributed by atoms with Crippen LogP contribution in [0.25, 0.3) is 0 Å². The van der Waals surface area contributed by atoms with Gasteiger partial charge in [0.1, 0.15) is 0 Å². The van der Waals surface area contributed by atoms with Crippen LogP contribution in [0.4, 0.5) is 26.3 Å². The molecule has 20 heavy (non-hydrogen) atoms. The molecule has 0 aliphatic rings. The van der Waals surface area contributed by atoms with Crippen molar-refractivity contribution >= 4 is 10.0 Å². The fourth-order valence-corrected chi connectivity index (χ4v) is 3.58. The molecule has 3 nitrogen and oxygen atoms in total. The molecule has 0 aliphatic heterocycles. The monoisotopic (exact) mass is 329 g/mol. The fourth-order valence-electron chi connectivity index (χ4n) is 1.70. The molecule has 0 heterocycles. The van der Waals surface area contributed by atoms with Crippen LogP contribution in [0.3, 0.4) is 0 Å². The van der Waals surface area contributed by atoms with Crippen molar-refractivity contribution in [3.8, 4) is 0 Å². The Labute approximate surface area is 114 Å². The number of alkyl halides is 6. The van der Waals surface area contributed by atoms with Crippen molar-refractivity contribution in [3.63, 3.8) is 0 Å². The van der Waals surface area contributed by atoms with Gasteiger partial charge in [-0.3, -0.25) is 0 Å². The summed E-state index contributed by atoms with van der Waals surface area (Å²) in [6.07, 6.45) is 0. The molecular weight excluding hydrogens is 312 g/mol. The van der Waals surface area contributed by atoms with Gasteiger partial charge in [-0.05, 0) is 27.7 Å². The van der Waals surface area contributed by atoms with Crippen LogP contribution in [0, 0.1) is 0 Å². The Hall–Kier alpha value is -0.510. The first-order chi connectivity index (χ1) is 8.51. The molecule has 0 spiro atoms. The second-order valence-corrected chi connectivity index (χ2v) is 6.89. The molecule has 0 radical (unpaired) electrons. The first-order valence-corrected chi connectivity index (χ1v) is 7.12. The molecule has 0 atom stereocenters. The smallest absolute Gasteiger partial charge is 0.206 e. The van der Waals surface area contributed by atoms with Crippen LogP contribution in [-0.4, -0.2) is 41.9 Å². The molecule has 0 rings (SSSR count). The molecule has 0 fully saturated rings.